The molecule has 7 nitrogen and oxygen atoms in total. The molecule has 0 aromatic heterocycles. The molecule has 3 aliphatic heterocycles. The number of hydrogen-bond donors (Lipinski definition) is 2. The van der Waals surface area contributed by atoms with Crippen LogP contribution in [0.1, 0.15) is 12.5 Å². The van der Waals surface area contributed by atoms with E-state index in [0.29, 0.717) is 19.8 Å². The molecule has 3 saturated heterocycles. The summed E-state index contributed by atoms with van der Waals surface area (Å²) in [6, 6.07) is 8.46. The molecule has 3 heterocycles. The third-order valence-electron chi connectivity index (χ3n) is 3.98. The Morgan fingerprint density at radius 2 is 1.87 bits per heavy atom. The summed E-state index contributed by atoms with van der Waals surface area (Å²) >= 11 is 0. The molecule has 3 aliphatic rings. The summed E-state index contributed by atoms with van der Waals surface area (Å²) in [5, 5.41) is 12.1. The Morgan fingerprint density at radius 3 is 2.43 bits per heavy atom. The van der Waals surface area contributed by atoms with Gasteiger partial charge in [0.25, 0.3) is 0 Å². The van der Waals surface area contributed by atoms with Crippen LogP contribution < -0.4 is 5.32 Å². The lowest BCUT2D eigenvalue weighted by Gasteiger charge is -2.52. The summed E-state index contributed by atoms with van der Waals surface area (Å²) in [5.41, 5.74) is 0.687. The monoisotopic (exact) mass is 323 g/mol. The summed E-state index contributed by atoms with van der Waals surface area (Å²) in [6.45, 7) is 3.08. The van der Waals surface area contributed by atoms with Crippen molar-refractivity contribution in [2.75, 3.05) is 26.4 Å². The van der Waals surface area contributed by atoms with E-state index < -0.39 is 24.7 Å². The van der Waals surface area contributed by atoms with Crippen LogP contribution in [-0.4, -0.2) is 49.6 Å². The van der Waals surface area contributed by atoms with Crippen LogP contribution in [-0.2, 0) is 25.6 Å². The maximum atomic E-state index is 12.0. The molecular weight excluding hydrogens is 302 g/mol. The van der Waals surface area contributed by atoms with E-state index in [9.17, 15) is 9.90 Å². The lowest BCUT2D eigenvalue weighted by Crippen LogP contribution is -2.68. The van der Waals surface area contributed by atoms with E-state index in [1.54, 1.807) is 0 Å². The molecule has 1 amide bonds. The molecule has 1 aromatic rings. The highest BCUT2D eigenvalue weighted by Gasteiger charge is 2.55. The van der Waals surface area contributed by atoms with Crippen LogP contribution in [0.2, 0.25) is 0 Å². The standard InChI is InChI=1S/C16H21NO6/c1-15-9-21-16(22-10-15,23-11-15)13(7-18)17-14(19)20-8-12-5-3-2-4-6-12/h2-6,13,18H,7-11H2,1H3,(H,17,19)/t13-,15?,16?/m1/s1. The molecule has 3 fully saturated rings. The van der Waals surface area contributed by atoms with Gasteiger partial charge in [-0.15, -0.1) is 0 Å². The number of nitrogens with one attached hydrogen (secondary N) is 1. The van der Waals surface area contributed by atoms with E-state index in [0.717, 1.165) is 5.56 Å². The number of fused-ring (bicyclic) bond motifs is 3. The minimum Gasteiger partial charge on any atom is -0.445 e. The fourth-order valence-corrected chi connectivity index (χ4v) is 2.53. The average molecular weight is 323 g/mol. The second kappa shape index (κ2) is 6.45. The predicted octanol–water partition coefficient (Wildman–Crippen LogP) is 1.01. The highest BCUT2D eigenvalue weighted by Crippen LogP contribution is 2.39. The van der Waals surface area contributed by atoms with Crippen molar-refractivity contribution in [2.24, 2.45) is 5.41 Å². The summed E-state index contributed by atoms with van der Waals surface area (Å²) in [7, 11) is 0. The molecule has 1 aromatic carbocycles. The summed E-state index contributed by atoms with van der Waals surface area (Å²) in [5.74, 6) is -1.45. The Morgan fingerprint density at radius 1 is 1.26 bits per heavy atom. The highest BCUT2D eigenvalue weighted by molar-refractivity contribution is 5.67. The lowest BCUT2D eigenvalue weighted by atomic mass is 9.91. The zero-order valence-corrected chi connectivity index (χ0v) is 13.0. The maximum absolute atomic E-state index is 12.0. The molecule has 0 radical (unpaired) electrons. The second-order valence-corrected chi connectivity index (χ2v) is 6.22. The van der Waals surface area contributed by atoms with Gasteiger partial charge in [-0.1, -0.05) is 37.3 Å². The van der Waals surface area contributed by atoms with Gasteiger partial charge in [-0.05, 0) is 5.56 Å². The second-order valence-electron chi connectivity index (χ2n) is 6.22. The van der Waals surface area contributed by atoms with E-state index >= 15 is 0 Å². The first kappa shape index (κ1) is 16.2. The molecule has 23 heavy (non-hydrogen) atoms. The number of aliphatic hydroxyl groups excluding tert-OH is 1. The SMILES string of the molecule is CC12COC([C@@H](CO)NC(=O)OCc3ccccc3)(OC1)OC2. The zero-order chi connectivity index (χ0) is 16.3. The van der Waals surface area contributed by atoms with Crippen LogP contribution in [0.15, 0.2) is 30.3 Å². The number of carbonyl (C=O) groups excluding carboxylic acids is 1. The Kier molecular flexibility index (Phi) is 4.54. The van der Waals surface area contributed by atoms with Crippen molar-refractivity contribution in [1.29, 1.82) is 0 Å². The van der Waals surface area contributed by atoms with Gasteiger partial charge in [0.05, 0.1) is 26.4 Å². The fourth-order valence-electron chi connectivity index (χ4n) is 2.53. The van der Waals surface area contributed by atoms with Crippen molar-refractivity contribution >= 4 is 6.09 Å². The van der Waals surface area contributed by atoms with Gasteiger partial charge in [-0.2, -0.15) is 0 Å². The number of hydrogen-bond acceptors (Lipinski definition) is 6. The fraction of sp³-hybridized carbons (Fsp3) is 0.562. The first-order chi connectivity index (χ1) is 11.1. The smallest absolute Gasteiger partial charge is 0.408 e. The minimum absolute atomic E-state index is 0.137. The molecule has 7 heteroatoms. The van der Waals surface area contributed by atoms with E-state index in [1.807, 2.05) is 37.3 Å². The molecule has 1 atom stereocenters. The molecule has 0 aliphatic carbocycles. The number of benzene rings is 1. The third-order valence-corrected chi connectivity index (χ3v) is 3.98. The Balaban J connectivity index is 1.56. The number of alkyl carbamates (subject to hydrolysis) is 1. The van der Waals surface area contributed by atoms with Gasteiger partial charge in [0.15, 0.2) is 0 Å². The Hall–Kier alpha value is -1.67. The molecule has 0 saturated carbocycles. The highest BCUT2D eigenvalue weighted by atomic mass is 16.9. The van der Waals surface area contributed by atoms with E-state index in [-0.39, 0.29) is 12.0 Å². The number of amides is 1. The van der Waals surface area contributed by atoms with Crippen LogP contribution >= 0.6 is 0 Å². The molecular formula is C16H21NO6. The minimum atomic E-state index is -1.45. The summed E-state index contributed by atoms with van der Waals surface area (Å²) in [4.78, 5) is 12.0. The largest absolute Gasteiger partial charge is 0.445 e. The van der Waals surface area contributed by atoms with Crippen LogP contribution in [0.4, 0.5) is 4.79 Å². The van der Waals surface area contributed by atoms with Crippen LogP contribution in [0, 0.1) is 5.41 Å². The van der Waals surface area contributed by atoms with Crippen molar-refractivity contribution in [3.8, 4) is 0 Å². The zero-order valence-electron chi connectivity index (χ0n) is 13.0. The van der Waals surface area contributed by atoms with Crippen molar-refractivity contribution in [1.82, 2.24) is 5.32 Å². The van der Waals surface area contributed by atoms with E-state index in [4.69, 9.17) is 18.9 Å². The molecule has 2 bridgehead atoms. The third kappa shape index (κ3) is 3.48. The molecule has 4 rings (SSSR count). The summed E-state index contributed by atoms with van der Waals surface area (Å²) in [6.07, 6.45) is -0.669. The van der Waals surface area contributed by atoms with Gasteiger partial charge in [0.2, 0.25) is 0 Å². The normalized spacial score (nSPS) is 30.7. The van der Waals surface area contributed by atoms with Crippen LogP contribution in [0.3, 0.4) is 0 Å². The number of carbonyl (C=O) groups is 1. The Bertz CT molecular complexity index is 524. The number of rotatable bonds is 5. The van der Waals surface area contributed by atoms with Crippen LogP contribution in [0.25, 0.3) is 0 Å². The first-order valence-electron chi connectivity index (χ1n) is 7.55. The van der Waals surface area contributed by atoms with Crippen molar-refractivity contribution < 1.29 is 28.8 Å². The lowest BCUT2D eigenvalue weighted by molar-refractivity contribution is -0.474. The van der Waals surface area contributed by atoms with Crippen molar-refractivity contribution in [3.63, 3.8) is 0 Å². The van der Waals surface area contributed by atoms with Gasteiger partial charge in [0.1, 0.15) is 12.6 Å². The van der Waals surface area contributed by atoms with Crippen molar-refractivity contribution in [3.05, 3.63) is 35.9 Å². The van der Waals surface area contributed by atoms with Gasteiger partial charge in [-0.25, -0.2) is 4.79 Å². The average Bonchev–Trinajstić information content (AvgIpc) is 2.60. The first-order valence-corrected chi connectivity index (χ1v) is 7.55. The molecule has 0 unspecified atom stereocenters. The van der Waals surface area contributed by atoms with Crippen molar-refractivity contribution in [2.45, 2.75) is 25.5 Å². The summed E-state index contributed by atoms with van der Waals surface area (Å²) < 4.78 is 22.0. The van der Waals surface area contributed by atoms with Crippen LogP contribution in [0.5, 0.6) is 0 Å². The molecule has 126 valence electrons. The van der Waals surface area contributed by atoms with Gasteiger partial charge in [-0.3, -0.25) is 0 Å². The van der Waals surface area contributed by atoms with E-state index in [1.165, 1.54) is 0 Å². The molecule has 0 spiro atoms. The van der Waals surface area contributed by atoms with Gasteiger partial charge in [0, 0.05) is 5.41 Å². The van der Waals surface area contributed by atoms with Gasteiger partial charge >= 0.3 is 12.1 Å². The predicted molar refractivity (Wildman–Crippen MR) is 79.3 cm³/mol. The molecule has 2 N–H and O–H groups in total. The van der Waals surface area contributed by atoms with E-state index in [2.05, 4.69) is 5.32 Å². The number of ether oxygens (including phenoxy) is 4. The quantitative estimate of drug-likeness (QED) is 0.841. The van der Waals surface area contributed by atoms with Gasteiger partial charge < -0.3 is 29.4 Å². The number of aliphatic hydroxyl groups is 1. The maximum Gasteiger partial charge on any atom is 0.408 e. The Labute approximate surface area is 134 Å². The topological polar surface area (TPSA) is 86.3 Å².